The Labute approximate surface area is 134 Å². The van der Waals surface area contributed by atoms with Crippen molar-refractivity contribution in [2.45, 2.75) is 19.4 Å². The molecule has 0 saturated heterocycles. The van der Waals surface area contributed by atoms with Crippen molar-refractivity contribution in [1.82, 2.24) is 5.32 Å². The van der Waals surface area contributed by atoms with Gasteiger partial charge in [-0.25, -0.2) is 0 Å². The Kier molecular flexibility index (Phi) is 5.74. The zero-order valence-electron chi connectivity index (χ0n) is 11.2. The Bertz CT molecular complexity index is 563. The Morgan fingerprint density at radius 1 is 1.00 bits per heavy atom. The lowest BCUT2D eigenvalue weighted by atomic mass is 9.98. The van der Waals surface area contributed by atoms with Crippen LogP contribution in [0.3, 0.4) is 0 Å². The van der Waals surface area contributed by atoms with Gasteiger partial charge >= 0.3 is 0 Å². The Morgan fingerprint density at radius 3 is 2.25 bits per heavy atom. The van der Waals surface area contributed by atoms with Gasteiger partial charge in [-0.15, -0.1) is 0 Å². The molecule has 0 aliphatic heterocycles. The van der Waals surface area contributed by atoms with E-state index in [1.165, 1.54) is 0 Å². The van der Waals surface area contributed by atoms with Crippen molar-refractivity contribution in [3.05, 3.63) is 68.7 Å². The topological polar surface area (TPSA) is 12.0 Å². The first-order chi connectivity index (χ1) is 9.63. The highest BCUT2D eigenvalue weighted by Gasteiger charge is 2.19. The molecule has 20 heavy (non-hydrogen) atoms. The normalized spacial score (nSPS) is 12.4. The van der Waals surface area contributed by atoms with Crippen molar-refractivity contribution in [1.29, 1.82) is 0 Å². The third-order valence-corrected chi connectivity index (χ3v) is 3.96. The summed E-state index contributed by atoms with van der Waals surface area (Å²) in [4.78, 5) is 0. The molecule has 0 aromatic heterocycles. The van der Waals surface area contributed by atoms with Crippen LogP contribution in [0.4, 0.5) is 0 Å². The Balaban J connectivity index is 2.47. The van der Waals surface area contributed by atoms with Gasteiger partial charge in [0.15, 0.2) is 0 Å². The van der Waals surface area contributed by atoms with Crippen molar-refractivity contribution in [2.75, 3.05) is 6.54 Å². The smallest absolute Gasteiger partial charge is 0.0606 e. The van der Waals surface area contributed by atoms with Crippen LogP contribution in [0, 0.1) is 0 Å². The summed E-state index contributed by atoms with van der Waals surface area (Å²) in [5.74, 6) is 0. The van der Waals surface area contributed by atoms with Gasteiger partial charge in [-0.3, -0.25) is 0 Å². The minimum absolute atomic E-state index is 0.0603. The van der Waals surface area contributed by atoms with Gasteiger partial charge in [-0.2, -0.15) is 0 Å². The van der Waals surface area contributed by atoms with Crippen LogP contribution in [0.5, 0.6) is 0 Å². The molecular weight excluding hydrogens is 313 g/mol. The zero-order chi connectivity index (χ0) is 14.5. The maximum Gasteiger partial charge on any atom is 0.0606 e. The van der Waals surface area contributed by atoms with Crippen molar-refractivity contribution < 1.29 is 0 Å². The second-order valence-corrected chi connectivity index (χ2v) is 5.83. The molecule has 2 rings (SSSR count). The second kappa shape index (κ2) is 7.33. The van der Waals surface area contributed by atoms with Gasteiger partial charge < -0.3 is 5.32 Å². The fourth-order valence-corrected chi connectivity index (χ4v) is 2.96. The number of hydrogen-bond donors (Lipinski definition) is 1. The van der Waals surface area contributed by atoms with Crippen LogP contribution < -0.4 is 5.32 Å². The van der Waals surface area contributed by atoms with Crippen molar-refractivity contribution in [2.24, 2.45) is 0 Å². The lowest BCUT2D eigenvalue weighted by Crippen LogP contribution is -2.23. The molecule has 106 valence electrons. The predicted octanol–water partition coefficient (Wildman–Crippen LogP) is 5.74. The molecule has 0 radical (unpaired) electrons. The van der Waals surface area contributed by atoms with Crippen molar-refractivity contribution in [3.8, 4) is 0 Å². The zero-order valence-corrected chi connectivity index (χ0v) is 13.4. The third-order valence-electron chi connectivity index (χ3n) is 3.07. The monoisotopic (exact) mass is 327 g/mol. The molecule has 0 heterocycles. The first kappa shape index (κ1) is 15.7. The lowest BCUT2D eigenvalue weighted by molar-refractivity contribution is 0.599. The van der Waals surface area contributed by atoms with Gasteiger partial charge in [0.1, 0.15) is 0 Å². The Hall–Kier alpha value is -0.730. The highest BCUT2D eigenvalue weighted by molar-refractivity contribution is 6.36. The van der Waals surface area contributed by atoms with E-state index in [0.717, 1.165) is 24.1 Å². The highest BCUT2D eigenvalue weighted by Crippen LogP contribution is 2.34. The van der Waals surface area contributed by atoms with E-state index < -0.39 is 0 Å². The summed E-state index contributed by atoms with van der Waals surface area (Å²) in [6.07, 6.45) is 1.03. The molecule has 1 unspecified atom stereocenters. The van der Waals surface area contributed by atoms with E-state index in [0.29, 0.717) is 15.1 Å². The van der Waals surface area contributed by atoms with E-state index in [-0.39, 0.29) is 6.04 Å². The molecule has 0 saturated carbocycles. The van der Waals surface area contributed by atoms with E-state index in [1.807, 2.05) is 42.5 Å². The van der Waals surface area contributed by atoms with Gasteiger partial charge in [0.05, 0.1) is 6.04 Å². The molecule has 0 spiro atoms. The summed E-state index contributed by atoms with van der Waals surface area (Å²) in [6, 6.07) is 13.3. The highest BCUT2D eigenvalue weighted by atomic mass is 35.5. The maximum atomic E-state index is 6.34. The van der Waals surface area contributed by atoms with Crippen LogP contribution in [-0.2, 0) is 0 Å². The van der Waals surface area contributed by atoms with E-state index >= 15 is 0 Å². The largest absolute Gasteiger partial charge is 0.306 e. The number of hydrogen-bond acceptors (Lipinski definition) is 1. The van der Waals surface area contributed by atoms with E-state index in [2.05, 4.69) is 12.2 Å². The molecular formula is C16H16Cl3N. The second-order valence-electron chi connectivity index (χ2n) is 4.58. The molecule has 0 amide bonds. The van der Waals surface area contributed by atoms with Gasteiger partial charge in [0, 0.05) is 20.6 Å². The number of halogens is 3. The lowest BCUT2D eigenvalue weighted by Gasteiger charge is -2.22. The fourth-order valence-electron chi connectivity index (χ4n) is 2.15. The van der Waals surface area contributed by atoms with Crippen LogP contribution in [0.15, 0.2) is 42.5 Å². The van der Waals surface area contributed by atoms with Gasteiger partial charge in [0.2, 0.25) is 0 Å². The van der Waals surface area contributed by atoms with E-state index in [4.69, 9.17) is 34.8 Å². The maximum absolute atomic E-state index is 6.34. The van der Waals surface area contributed by atoms with Gasteiger partial charge in [0.25, 0.3) is 0 Å². The van der Waals surface area contributed by atoms with Crippen LogP contribution >= 0.6 is 34.8 Å². The molecule has 2 aromatic rings. The molecule has 1 atom stereocenters. The average Bonchev–Trinajstić information content (AvgIpc) is 2.42. The SMILES string of the molecule is CCCNC(c1cccc(Cl)c1)c1c(Cl)cccc1Cl. The first-order valence-electron chi connectivity index (χ1n) is 6.56. The molecule has 0 aliphatic rings. The van der Waals surface area contributed by atoms with Crippen molar-refractivity contribution in [3.63, 3.8) is 0 Å². The summed E-state index contributed by atoms with van der Waals surface area (Å²) in [5.41, 5.74) is 1.95. The van der Waals surface area contributed by atoms with E-state index in [9.17, 15) is 0 Å². The summed E-state index contributed by atoms with van der Waals surface area (Å²) < 4.78 is 0. The van der Waals surface area contributed by atoms with Gasteiger partial charge in [-0.05, 0) is 42.8 Å². The van der Waals surface area contributed by atoms with Crippen LogP contribution in [0.1, 0.15) is 30.5 Å². The molecule has 1 nitrogen and oxygen atoms in total. The molecule has 0 aliphatic carbocycles. The molecule has 0 fully saturated rings. The summed E-state index contributed by atoms with van der Waals surface area (Å²) >= 11 is 18.8. The standard InChI is InChI=1S/C16H16Cl3N/c1-2-9-20-16(11-5-3-6-12(17)10-11)15-13(18)7-4-8-14(15)19/h3-8,10,16,20H,2,9H2,1H3. The molecule has 2 aromatic carbocycles. The van der Waals surface area contributed by atoms with Gasteiger partial charge in [-0.1, -0.05) is 59.9 Å². The van der Waals surface area contributed by atoms with Crippen LogP contribution in [0.25, 0.3) is 0 Å². The summed E-state index contributed by atoms with van der Waals surface area (Å²) in [5, 5.41) is 5.50. The minimum atomic E-state index is -0.0603. The summed E-state index contributed by atoms with van der Waals surface area (Å²) in [7, 11) is 0. The number of rotatable bonds is 5. The average molecular weight is 329 g/mol. The summed E-state index contributed by atoms with van der Waals surface area (Å²) in [6.45, 7) is 3.00. The van der Waals surface area contributed by atoms with Crippen LogP contribution in [-0.4, -0.2) is 6.54 Å². The molecule has 0 bridgehead atoms. The van der Waals surface area contributed by atoms with Crippen LogP contribution in [0.2, 0.25) is 15.1 Å². The molecule has 1 N–H and O–H groups in total. The number of nitrogens with one attached hydrogen (secondary N) is 1. The van der Waals surface area contributed by atoms with Crippen molar-refractivity contribution >= 4 is 34.8 Å². The first-order valence-corrected chi connectivity index (χ1v) is 7.69. The number of benzene rings is 2. The third kappa shape index (κ3) is 3.67. The molecule has 4 heteroatoms. The predicted molar refractivity (Wildman–Crippen MR) is 88.1 cm³/mol. The fraction of sp³-hybridized carbons (Fsp3) is 0.250. The van der Waals surface area contributed by atoms with E-state index in [1.54, 1.807) is 0 Å². The minimum Gasteiger partial charge on any atom is -0.306 e. The quantitative estimate of drug-likeness (QED) is 0.738. The Morgan fingerprint density at radius 2 is 1.65 bits per heavy atom.